The number of nitrogens with one attached hydrogen (secondary N) is 2. The van der Waals surface area contributed by atoms with Gasteiger partial charge in [0, 0.05) is 43.9 Å². The lowest BCUT2D eigenvalue weighted by atomic mass is 10.0. The molecule has 1 saturated carbocycles. The third-order valence-electron chi connectivity index (χ3n) is 5.39. The van der Waals surface area contributed by atoms with E-state index in [1.807, 2.05) is 0 Å². The number of carbonyl (C=O) groups excluding carboxylic acids is 3. The van der Waals surface area contributed by atoms with Crippen LogP contribution in [0.2, 0.25) is 0 Å². The molecule has 3 rings (SSSR count). The Morgan fingerprint density at radius 3 is 2.59 bits per heavy atom. The van der Waals surface area contributed by atoms with E-state index in [1.54, 1.807) is 43.6 Å². The normalized spacial score (nSPS) is 14.5. The smallest absolute Gasteiger partial charge is 0.247 e. The monoisotopic (exact) mass is 439 g/mol. The van der Waals surface area contributed by atoms with E-state index in [0.717, 1.165) is 25.7 Å². The summed E-state index contributed by atoms with van der Waals surface area (Å²) < 4.78 is 4.92. The molecule has 1 fully saturated rings. The van der Waals surface area contributed by atoms with Crippen molar-refractivity contribution in [2.24, 2.45) is 0 Å². The summed E-state index contributed by atoms with van der Waals surface area (Å²) in [4.78, 5) is 44.1. The maximum Gasteiger partial charge on any atom is 0.247 e. The van der Waals surface area contributed by atoms with Crippen LogP contribution in [-0.4, -0.2) is 45.3 Å². The molecule has 0 unspecified atom stereocenters. The lowest BCUT2D eigenvalue weighted by Gasteiger charge is -2.31. The van der Waals surface area contributed by atoms with Gasteiger partial charge in [-0.3, -0.25) is 19.4 Å². The molecule has 1 aliphatic rings. The van der Waals surface area contributed by atoms with Gasteiger partial charge in [0.15, 0.2) is 5.82 Å². The number of rotatable bonds is 10. The first-order valence-electron chi connectivity index (χ1n) is 10.8. The molecule has 0 bridgehead atoms. The zero-order valence-electron chi connectivity index (χ0n) is 18.3. The van der Waals surface area contributed by atoms with Crippen molar-refractivity contribution < 1.29 is 18.9 Å². The van der Waals surface area contributed by atoms with Gasteiger partial charge in [0.2, 0.25) is 17.7 Å². The highest BCUT2D eigenvalue weighted by Gasteiger charge is 2.32. The van der Waals surface area contributed by atoms with Crippen LogP contribution >= 0.6 is 0 Å². The molecular formula is C23H29N5O4. The van der Waals surface area contributed by atoms with Gasteiger partial charge in [-0.25, -0.2) is 0 Å². The summed E-state index contributed by atoms with van der Waals surface area (Å²) in [5.74, 6) is -0.0443. The Morgan fingerprint density at radius 1 is 1.25 bits per heavy atom. The lowest BCUT2D eigenvalue weighted by molar-refractivity contribution is -0.141. The largest absolute Gasteiger partial charge is 0.360 e. The minimum absolute atomic E-state index is 0.0499. The Hall–Kier alpha value is -3.49. The van der Waals surface area contributed by atoms with E-state index in [0.29, 0.717) is 17.1 Å². The zero-order chi connectivity index (χ0) is 22.9. The van der Waals surface area contributed by atoms with Crippen LogP contribution in [0.5, 0.6) is 0 Å². The number of aromatic nitrogens is 2. The van der Waals surface area contributed by atoms with E-state index in [2.05, 4.69) is 27.4 Å². The maximum atomic E-state index is 13.2. The quantitative estimate of drug-likeness (QED) is 0.550. The lowest BCUT2D eigenvalue weighted by Crippen LogP contribution is -2.46. The van der Waals surface area contributed by atoms with Crippen molar-refractivity contribution in [3.63, 3.8) is 0 Å². The molecule has 3 amide bonds. The zero-order valence-corrected chi connectivity index (χ0v) is 18.3. The van der Waals surface area contributed by atoms with Gasteiger partial charge in [-0.05, 0) is 37.5 Å². The Labute approximate surface area is 187 Å². The van der Waals surface area contributed by atoms with Crippen LogP contribution in [-0.2, 0) is 14.4 Å². The fourth-order valence-corrected chi connectivity index (χ4v) is 3.85. The first-order valence-corrected chi connectivity index (χ1v) is 10.8. The third kappa shape index (κ3) is 6.26. The van der Waals surface area contributed by atoms with Gasteiger partial charge in [0.1, 0.15) is 11.8 Å². The van der Waals surface area contributed by atoms with Gasteiger partial charge < -0.3 is 20.1 Å². The fourth-order valence-electron chi connectivity index (χ4n) is 3.85. The SMILES string of the molecule is C=CCN(C(=O)CCC(=O)Nc1cc(C)on1)[C@@H](C(=O)NC1CCCC1)c1ccncc1. The van der Waals surface area contributed by atoms with E-state index >= 15 is 0 Å². The summed E-state index contributed by atoms with van der Waals surface area (Å²) in [6, 6.07) is 4.33. The van der Waals surface area contributed by atoms with Crippen LogP contribution in [0.4, 0.5) is 5.82 Å². The molecule has 0 aromatic carbocycles. The highest BCUT2D eigenvalue weighted by molar-refractivity contribution is 5.94. The number of anilines is 1. The van der Waals surface area contributed by atoms with Crippen molar-refractivity contribution in [3.8, 4) is 0 Å². The predicted octanol–water partition coefficient (Wildman–Crippen LogP) is 2.91. The van der Waals surface area contributed by atoms with Crippen LogP contribution in [0.25, 0.3) is 0 Å². The first kappa shape index (κ1) is 23.2. The van der Waals surface area contributed by atoms with Crippen LogP contribution in [0.3, 0.4) is 0 Å². The predicted molar refractivity (Wildman–Crippen MR) is 118 cm³/mol. The maximum absolute atomic E-state index is 13.2. The topological polar surface area (TPSA) is 117 Å². The average Bonchev–Trinajstić information content (AvgIpc) is 3.44. The van der Waals surface area contributed by atoms with Crippen molar-refractivity contribution in [1.29, 1.82) is 0 Å². The average molecular weight is 440 g/mol. The molecule has 2 aromatic heterocycles. The molecule has 0 saturated heterocycles. The number of aryl methyl sites for hydroxylation is 1. The molecule has 0 spiro atoms. The Kier molecular flexibility index (Phi) is 8.13. The second-order valence-electron chi connectivity index (χ2n) is 7.88. The Bertz CT molecular complexity index is 937. The van der Waals surface area contributed by atoms with Crippen molar-refractivity contribution in [1.82, 2.24) is 20.4 Å². The van der Waals surface area contributed by atoms with E-state index < -0.39 is 6.04 Å². The van der Waals surface area contributed by atoms with Crippen molar-refractivity contribution in [2.75, 3.05) is 11.9 Å². The van der Waals surface area contributed by atoms with Crippen LogP contribution < -0.4 is 10.6 Å². The molecule has 2 aromatic rings. The molecule has 2 heterocycles. The summed E-state index contributed by atoms with van der Waals surface area (Å²) in [5.41, 5.74) is 0.660. The second kappa shape index (κ2) is 11.2. The molecule has 1 atom stereocenters. The van der Waals surface area contributed by atoms with Crippen molar-refractivity contribution in [3.05, 3.63) is 54.6 Å². The number of hydrogen-bond donors (Lipinski definition) is 2. The first-order chi connectivity index (χ1) is 15.5. The summed E-state index contributed by atoms with van der Waals surface area (Å²) in [6.45, 7) is 5.63. The number of nitrogens with zero attached hydrogens (tertiary/aromatic N) is 3. The number of amides is 3. The summed E-state index contributed by atoms with van der Waals surface area (Å²) in [5, 5.41) is 9.40. The Morgan fingerprint density at radius 2 is 1.97 bits per heavy atom. The van der Waals surface area contributed by atoms with Crippen LogP contribution in [0, 0.1) is 6.92 Å². The molecule has 0 aliphatic heterocycles. The fraction of sp³-hybridized carbons (Fsp3) is 0.435. The van der Waals surface area contributed by atoms with Gasteiger partial charge in [-0.2, -0.15) is 0 Å². The van der Waals surface area contributed by atoms with Crippen LogP contribution in [0.15, 0.2) is 47.8 Å². The Balaban J connectivity index is 1.71. The van der Waals surface area contributed by atoms with Gasteiger partial charge in [0.25, 0.3) is 0 Å². The highest BCUT2D eigenvalue weighted by Crippen LogP contribution is 2.25. The highest BCUT2D eigenvalue weighted by atomic mass is 16.5. The summed E-state index contributed by atoms with van der Waals surface area (Å²) >= 11 is 0. The molecule has 9 heteroatoms. The number of hydrogen-bond acceptors (Lipinski definition) is 6. The van der Waals surface area contributed by atoms with E-state index in [1.165, 1.54) is 4.90 Å². The minimum atomic E-state index is -0.828. The van der Waals surface area contributed by atoms with Gasteiger partial charge in [-0.1, -0.05) is 24.1 Å². The van der Waals surface area contributed by atoms with Crippen LogP contribution in [0.1, 0.15) is 55.9 Å². The minimum Gasteiger partial charge on any atom is -0.360 e. The summed E-state index contributed by atoms with van der Waals surface area (Å²) in [6.07, 6.45) is 8.69. The molecule has 9 nitrogen and oxygen atoms in total. The molecule has 170 valence electrons. The standard InChI is InChI=1S/C23H29N5O4/c1-3-14-28(21(30)9-8-20(29)26-19-15-16(2)32-27-19)22(17-10-12-24-13-11-17)23(31)25-18-6-4-5-7-18/h3,10-13,15,18,22H,1,4-9,14H2,2H3,(H,25,31)(H,26,27,29)/t22-/m1/s1. The molecule has 32 heavy (non-hydrogen) atoms. The van der Waals surface area contributed by atoms with Gasteiger partial charge in [-0.15, -0.1) is 6.58 Å². The van der Waals surface area contributed by atoms with E-state index in [-0.39, 0.29) is 43.1 Å². The number of pyridine rings is 1. The third-order valence-corrected chi connectivity index (χ3v) is 5.39. The summed E-state index contributed by atoms with van der Waals surface area (Å²) in [7, 11) is 0. The molecule has 2 N–H and O–H groups in total. The van der Waals surface area contributed by atoms with Crippen molar-refractivity contribution in [2.45, 2.75) is 57.5 Å². The van der Waals surface area contributed by atoms with E-state index in [9.17, 15) is 14.4 Å². The van der Waals surface area contributed by atoms with Gasteiger partial charge in [0.05, 0.1) is 0 Å². The molecule has 1 aliphatic carbocycles. The molecule has 0 radical (unpaired) electrons. The number of carbonyl (C=O) groups is 3. The second-order valence-corrected chi connectivity index (χ2v) is 7.88. The van der Waals surface area contributed by atoms with Crippen molar-refractivity contribution >= 4 is 23.5 Å². The van der Waals surface area contributed by atoms with E-state index in [4.69, 9.17) is 4.52 Å². The molecular weight excluding hydrogens is 410 g/mol. The van der Waals surface area contributed by atoms with Gasteiger partial charge >= 0.3 is 0 Å².